The molecule has 2 aliphatic rings. The first-order valence-electron chi connectivity index (χ1n) is 7.94. The van der Waals surface area contributed by atoms with Gasteiger partial charge in [0.15, 0.2) is 0 Å². The SMILES string of the molecule is CN1CCCc2cc(CNCC3CCC(O)C3)ccc21. The van der Waals surface area contributed by atoms with Crippen LogP contribution in [0.2, 0.25) is 0 Å². The molecule has 1 heterocycles. The Morgan fingerprint density at radius 1 is 1.35 bits per heavy atom. The van der Waals surface area contributed by atoms with Crippen molar-refractivity contribution in [3.05, 3.63) is 29.3 Å². The van der Waals surface area contributed by atoms with Crippen LogP contribution in [-0.2, 0) is 13.0 Å². The zero-order chi connectivity index (χ0) is 13.9. The maximum absolute atomic E-state index is 9.54. The first kappa shape index (κ1) is 13.9. The molecule has 0 spiro atoms. The van der Waals surface area contributed by atoms with E-state index in [9.17, 15) is 5.11 Å². The molecule has 1 saturated carbocycles. The molecular formula is C17H26N2O. The van der Waals surface area contributed by atoms with Crippen LogP contribution < -0.4 is 10.2 Å². The molecule has 1 aliphatic heterocycles. The molecule has 20 heavy (non-hydrogen) atoms. The largest absolute Gasteiger partial charge is 0.393 e. The molecule has 2 N–H and O–H groups in total. The summed E-state index contributed by atoms with van der Waals surface area (Å²) in [6.07, 6.45) is 5.55. The van der Waals surface area contributed by atoms with Crippen LogP contribution in [-0.4, -0.2) is 31.3 Å². The summed E-state index contributed by atoms with van der Waals surface area (Å²) in [5, 5.41) is 13.1. The van der Waals surface area contributed by atoms with Crippen molar-refractivity contribution in [2.75, 3.05) is 25.0 Å². The predicted molar refractivity (Wildman–Crippen MR) is 83.1 cm³/mol. The lowest BCUT2D eigenvalue weighted by Crippen LogP contribution is -2.25. The van der Waals surface area contributed by atoms with Crippen LogP contribution in [0.4, 0.5) is 5.69 Å². The van der Waals surface area contributed by atoms with Gasteiger partial charge in [-0.15, -0.1) is 0 Å². The van der Waals surface area contributed by atoms with E-state index in [0.717, 1.165) is 25.9 Å². The van der Waals surface area contributed by atoms with E-state index in [4.69, 9.17) is 0 Å². The number of aliphatic hydroxyl groups is 1. The minimum atomic E-state index is -0.0546. The molecular weight excluding hydrogens is 248 g/mol. The van der Waals surface area contributed by atoms with Crippen molar-refractivity contribution in [3.63, 3.8) is 0 Å². The maximum Gasteiger partial charge on any atom is 0.0543 e. The van der Waals surface area contributed by atoms with E-state index in [-0.39, 0.29) is 6.10 Å². The molecule has 1 aromatic carbocycles. The van der Waals surface area contributed by atoms with Crippen LogP contribution >= 0.6 is 0 Å². The fraction of sp³-hybridized carbons (Fsp3) is 0.647. The zero-order valence-electron chi connectivity index (χ0n) is 12.4. The highest BCUT2D eigenvalue weighted by molar-refractivity contribution is 5.56. The van der Waals surface area contributed by atoms with Gasteiger partial charge in [-0.1, -0.05) is 12.1 Å². The number of nitrogens with zero attached hydrogens (tertiary/aromatic N) is 1. The minimum Gasteiger partial charge on any atom is -0.393 e. The number of nitrogens with one attached hydrogen (secondary N) is 1. The van der Waals surface area contributed by atoms with E-state index in [1.165, 1.54) is 42.6 Å². The van der Waals surface area contributed by atoms with Crippen LogP contribution in [0.1, 0.15) is 36.8 Å². The van der Waals surface area contributed by atoms with E-state index in [1.807, 2.05) is 0 Å². The summed E-state index contributed by atoms with van der Waals surface area (Å²) in [6.45, 7) is 3.16. The Bertz CT molecular complexity index is 460. The van der Waals surface area contributed by atoms with Gasteiger partial charge in [-0.05, 0) is 61.8 Å². The van der Waals surface area contributed by atoms with Gasteiger partial charge in [0.05, 0.1) is 6.10 Å². The van der Waals surface area contributed by atoms with Gasteiger partial charge in [0.25, 0.3) is 0 Å². The first-order chi connectivity index (χ1) is 9.72. The summed E-state index contributed by atoms with van der Waals surface area (Å²) in [5.41, 5.74) is 4.28. The van der Waals surface area contributed by atoms with E-state index >= 15 is 0 Å². The molecule has 1 fully saturated rings. The Kier molecular flexibility index (Phi) is 4.27. The lowest BCUT2D eigenvalue weighted by molar-refractivity contribution is 0.177. The Balaban J connectivity index is 1.53. The van der Waals surface area contributed by atoms with Gasteiger partial charge in [0.1, 0.15) is 0 Å². The molecule has 110 valence electrons. The first-order valence-corrected chi connectivity index (χ1v) is 7.94. The number of hydrogen-bond donors (Lipinski definition) is 2. The van der Waals surface area contributed by atoms with Crippen LogP contribution in [0.25, 0.3) is 0 Å². The van der Waals surface area contributed by atoms with E-state index in [1.54, 1.807) is 0 Å². The van der Waals surface area contributed by atoms with Crippen molar-refractivity contribution in [2.24, 2.45) is 5.92 Å². The number of rotatable bonds is 4. The summed E-state index contributed by atoms with van der Waals surface area (Å²) < 4.78 is 0. The molecule has 0 aromatic heterocycles. The van der Waals surface area contributed by atoms with Crippen molar-refractivity contribution in [1.29, 1.82) is 0 Å². The quantitative estimate of drug-likeness (QED) is 0.884. The van der Waals surface area contributed by atoms with Crippen LogP contribution in [0.15, 0.2) is 18.2 Å². The average Bonchev–Trinajstić information content (AvgIpc) is 2.85. The predicted octanol–water partition coefficient (Wildman–Crippen LogP) is 2.32. The standard InChI is InChI=1S/C17H26N2O/c1-19-8-2-3-15-9-13(5-7-17(15)19)11-18-12-14-4-6-16(20)10-14/h5,7,9,14,16,18,20H,2-4,6,8,10-12H2,1H3. The number of hydrogen-bond acceptors (Lipinski definition) is 3. The topological polar surface area (TPSA) is 35.5 Å². The second kappa shape index (κ2) is 6.15. The van der Waals surface area contributed by atoms with Crippen LogP contribution in [0.3, 0.4) is 0 Å². The minimum absolute atomic E-state index is 0.0546. The fourth-order valence-electron chi connectivity index (χ4n) is 3.60. The molecule has 0 bridgehead atoms. The molecule has 2 atom stereocenters. The van der Waals surface area contributed by atoms with E-state index in [0.29, 0.717) is 5.92 Å². The lowest BCUT2D eigenvalue weighted by Gasteiger charge is -2.28. The van der Waals surface area contributed by atoms with Crippen LogP contribution in [0, 0.1) is 5.92 Å². The number of anilines is 1. The summed E-state index contributed by atoms with van der Waals surface area (Å²) in [6, 6.07) is 6.88. The normalized spacial score (nSPS) is 25.8. The molecule has 3 heteroatoms. The zero-order valence-corrected chi connectivity index (χ0v) is 12.4. The highest BCUT2D eigenvalue weighted by atomic mass is 16.3. The van der Waals surface area contributed by atoms with Gasteiger partial charge < -0.3 is 15.3 Å². The van der Waals surface area contributed by atoms with Gasteiger partial charge >= 0.3 is 0 Å². The summed E-state index contributed by atoms with van der Waals surface area (Å²) >= 11 is 0. The molecule has 3 nitrogen and oxygen atoms in total. The van der Waals surface area contributed by atoms with E-state index < -0.39 is 0 Å². The molecule has 0 amide bonds. The van der Waals surface area contributed by atoms with Crippen molar-refractivity contribution in [2.45, 2.75) is 44.8 Å². The third-order valence-electron chi connectivity index (χ3n) is 4.77. The second-order valence-electron chi connectivity index (χ2n) is 6.45. The second-order valence-corrected chi connectivity index (χ2v) is 6.45. The molecule has 1 aromatic rings. The third-order valence-corrected chi connectivity index (χ3v) is 4.77. The molecule has 1 aliphatic carbocycles. The van der Waals surface area contributed by atoms with Gasteiger partial charge in [-0.3, -0.25) is 0 Å². The summed E-state index contributed by atoms with van der Waals surface area (Å²) in [5.74, 6) is 0.661. The van der Waals surface area contributed by atoms with E-state index in [2.05, 4.69) is 35.5 Å². The fourth-order valence-corrected chi connectivity index (χ4v) is 3.60. The van der Waals surface area contributed by atoms with Gasteiger partial charge in [0.2, 0.25) is 0 Å². The highest BCUT2D eigenvalue weighted by Gasteiger charge is 2.22. The number of aliphatic hydroxyl groups excluding tert-OH is 1. The number of benzene rings is 1. The third kappa shape index (κ3) is 3.15. The summed E-state index contributed by atoms with van der Waals surface area (Å²) in [4.78, 5) is 2.36. The lowest BCUT2D eigenvalue weighted by atomic mass is 9.99. The summed E-state index contributed by atoms with van der Waals surface area (Å²) in [7, 11) is 2.18. The maximum atomic E-state index is 9.54. The van der Waals surface area contributed by atoms with Crippen molar-refractivity contribution < 1.29 is 5.11 Å². The monoisotopic (exact) mass is 274 g/mol. The van der Waals surface area contributed by atoms with Crippen molar-refractivity contribution in [1.82, 2.24) is 5.32 Å². The van der Waals surface area contributed by atoms with Gasteiger partial charge in [-0.25, -0.2) is 0 Å². The smallest absolute Gasteiger partial charge is 0.0543 e. The van der Waals surface area contributed by atoms with Crippen molar-refractivity contribution >= 4 is 5.69 Å². The van der Waals surface area contributed by atoms with Gasteiger partial charge in [-0.2, -0.15) is 0 Å². The Hall–Kier alpha value is -1.06. The number of aryl methyl sites for hydroxylation is 1. The van der Waals surface area contributed by atoms with Crippen molar-refractivity contribution in [3.8, 4) is 0 Å². The molecule has 2 unspecified atom stereocenters. The Morgan fingerprint density at radius 2 is 2.25 bits per heavy atom. The molecule has 3 rings (SSSR count). The highest BCUT2D eigenvalue weighted by Crippen LogP contribution is 2.27. The Labute approximate surface area is 122 Å². The van der Waals surface area contributed by atoms with Gasteiger partial charge in [0, 0.05) is 25.8 Å². The average molecular weight is 274 g/mol. The van der Waals surface area contributed by atoms with Crippen LogP contribution in [0.5, 0.6) is 0 Å². The Morgan fingerprint density at radius 3 is 3.05 bits per heavy atom. The molecule has 0 saturated heterocycles. The molecule has 0 radical (unpaired) electrons. The number of fused-ring (bicyclic) bond motifs is 1.